The zero-order valence-corrected chi connectivity index (χ0v) is 7.57. The van der Waals surface area contributed by atoms with Gasteiger partial charge in [-0.25, -0.2) is 0 Å². The fraction of sp³-hybridized carbons (Fsp3) is 0.273. The third-order valence-electron chi connectivity index (χ3n) is 2.10. The first-order valence-electron chi connectivity index (χ1n) is 4.41. The van der Waals surface area contributed by atoms with E-state index in [9.17, 15) is 0 Å². The summed E-state index contributed by atoms with van der Waals surface area (Å²) in [6.07, 6.45) is 0. The summed E-state index contributed by atoms with van der Waals surface area (Å²) in [5.41, 5.74) is 1.32. The molecule has 68 valence electrons. The third kappa shape index (κ3) is 2.10. The summed E-state index contributed by atoms with van der Waals surface area (Å²) in [4.78, 5) is 2.22. The molecule has 2 rings (SSSR count). The van der Waals surface area contributed by atoms with E-state index in [1.807, 2.05) is 6.07 Å². The quantitative estimate of drug-likeness (QED) is 0.681. The highest BCUT2D eigenvalue weighted by atomic mass is 16.5. The monoisotopic (exact) mass is 175 g/mol. The predicted molar refractivity (Wildman–Crippen MR) is 51.9 cm³/mol. The average Bonchev–Trinajstić information content (AvgIpc) is 2.53. The van der Waals surface area contributed by atoms with Crippen molar-refractivity contribution in [1.29, 1.82) is 0 Å². The van der Waals surface area contributed by atoms with Gasteiger partial charge >= 0.3 is 0 Å². The Morgan fingerprint density at radius 1 is 1.31 bits per heavy atom. The summed E-state index contributed by atoms with van der Waals surface area (Å²) in [7, 11) is 0. The van der Waals surface area contributed by atoms with Crippen molar-refractivity contribution in [3.63, 3.8) is 0 Å². The van der Waals surface area contributed by atoms with Crippen LogP contribution >= 0.6 is 0 Å². The lowest BCUT2D eigenvalue weighted by Gasteiger charge is -2.10. The van der Waals surface area contributed by atoms with Gasteiger partial charge in [-0.1, -0.05) is 36.9 Å². The van der Waals surface area contributed by atoms with Crippen LogP contribution in [0.25, 0.3) is 0 Å². The van der Waals surface area contributed by atoms with Crippen LogP contribution in [0.3, 0.4) is 0 Å². The smallest absolute Gasteiger partial charge is 0.142 e. The first-order valence-corrected chi connectivity index (χ1v) is 4.41. The molecule has 0 saturated carbocycles. The maximum Gasteiger partial charge on any atom is 0.142 e. The second-order valence-corrected chi connectivity index (χ2v) is 3.28. The largest absolute Gasteiger partial charge is 0.482 e. The molecule has 2 nitrogen and oxygen atoms in total. The van der Waals surface area contributed by atoms with Gasteiger partial charge in [0.25, 0.3) is 0 Å². The molecule has 0 unspecified atom stereocenters. The molecular weight excluding hydrogens is 162 g/mol. The van der Waals surface area contributed by atoms with Gasteiger partial charge in [-0.3, -0.25) is 4.90 Å². The SMILES string of the molecule is C=C1CN(Cc2ccccc2)CO1. The van der Waals surface area contributed by atoms with E-state index in [1.54, 1.807) is 0 Å². The summed E-state index contributed by atoms with van der Waals surface area (Å²) in [6.45, 7) is 6.26. The van der Waals surface area contributed by atoms with Crippen molar-refractivity contribution in [2.24, 2.45) is 0 Å². The van der Waals surface area contributed by atoms with E-state index in [1.165, 1.54) is 5.56 Å². The number of ether oxygens (including phenoxy) is 1. The summed E-state index contributed by atoms with van der Waals surface area (Å²) < 4.78 is 5.27. The molecule has 1 fully saturated rings. The molecule has 0 aromatic heterocycles. The molecule has 1 aromatic rings. The van der Waals surface area contributed by atoms with Gasteiger partial charge in [0.2, 0.25) is 0 Å². The minimum absolute atomic E-state index is 0.674. The molecule has 0 aliphatic carbocycles. The Kier molecular flexibility index (Phi) is 2.32. The number of benzene rings is 1. The average molecular weight is 175 g/mol. The molecule has 1 aliphatic heterocycles. The van der Waals surface area contributed by atoms with Crippen molar-refractivity contribution >= 4 is 0 Å². The van der Waals surface area contributed by atoms with Gasteiger partial charge in [-0.15, -0.1) is 0 Å². The van der Waals surface area contributed by atoms with E-state index in [2.05, 4.69) is 35.7 Å². The third-order valence-corrected chi connectivity index (χ3v) is 2.10. The minimum atomic E-state index is 0.674. The molecule has 0 amide bonds. The lowest BCUT2D eigenvalue weighted by atomic mass is 10.2. The van der Waals surface area contributed by atoms with Gasteiger partial charge in [0.05, 0.1) is 6.54 Å². The summed E-state index contributed by atoms with van der Waals surface area (Å²) in [6, 6.07) is 10.4. The number of nitrogens with zero attached hydrogens (tertiary/aromatic N) is 1. The van der Waals surface area contributed by atoms with Gasteiger partial charge < -0.3 is 4.74 Å². The fourth-order valence-electron chi connectivity index (χ4n) is 1.47. The Morgan fingerprint density at radius 3 is 2.69 bits per heavy atom. The molecule has 0 radical (unpaired) electrons. The van der Waals surface area contributed by atoms with E-state index in [4.69, 9.17) is 4.74 Å². The maximum absolute atomic E-state index is 5.27. The van der Waals surface area contributed by atoms with Crippen LogP contribution in [-0.4, -0.2) is 18.2 Å². The van der Waals surface area contributed by atoms with E-state index >= 15 is 0 Å². The molecule has 0 atom stereocenters. The standard InChI is InChI=1S/C11H13NO/c1-10-7-12(9-13-10)8-11-5-3-2-4-6-11/h2-6H,1,7-9H2. The number of rotatable bonds is 2. The summed E-state index contributed by atoms with van der Waals surface area (Å²) >= 11 is 0. The van der Waals surface area contributed by atoms with Gasteiger partial charge in [-0.05, 0) is 5.56 Å². The molecule has 1 aromatic carbocycles. The molecule has 0 N–H and O–H groups in total. The van der Waals surface area contributed by atoms with Gasteiger partial charge in [0.15, 0.2) is 0 Å². The number of hydrogen-bond acceptors (Lipinski definition) is 2. The molecule has 1 aliphatic rings. The highest BCUT2D eigenvalue weighted by Crippen LogP contribution is 2.12. The number of hydrogen-bond donors (Lipinski definition) is 0. The van der Waals surface area contributed by atoms with Crippen molar-refractivity contribution in [3.8, 4) is 0 Å². The van der Waals surface area contributed by atoms with Crippen LogP contribution in [0.15, 0.2) is 42.7 Å². The van der Waals surface area contributed by atoms with Crippen LogP contribution in [0, 0.1) is 0 Å². The van der Waals surface area contributed by atoms with E-state index in [0.717, 1.165) is 18.8 Å². The highest BCUT2D eigenvalue weighted by Gasteiger charge is 2.15. The van der Waals surface area contributed by atoms with E-state index in [0.29, 0.717) is 6.73 Å². The van der Waals surface area contributed by atoms with Crippen LogP contribution in [0.5, 0.6) is 0 Å². The Morgan fingerprint density at radius 2 is 2.08 bits per heavy atom. The van der Waals surface area contributed by atoms with Gasteiger partial charge in [0, 0.05) is 6.54 Å². The maximum atomic E-state index is 5.27. The topological polar surface area (TPSA) is 12.5 Å². The predicted octanol–water partition coefficient (Wildman–Crippen LogP) is 1.99. The van der Waals surface area contributed by atoms with Crippen molar-refractivity contribution in [2.45, 2.75) is 6.54 Å². The van der Waals surface area contributed by atoms with Crippen molar-refractivity contribution < 1.29 is 4.74 Å². The molecule has 13 heavy (non-hydrogen) atoms. The molecule has 2 heteroatoms. The van der Waals surface area contributed by atoms with Crippen LogP contribution in [0.2, 0.25) is 0 Å². The van der Waals surface area contributed by atoms with Crippen LogP contribution < -0.4 is 0 Å². The minimum Gasteiger partial charge on any atom is -0.482 e. The highest BCUT2D eigenvalue weighted by molar-refractivity contribution is 5.14. The summed E-state index contributed by atoms with van der Waals surface area (Å²) in [5, 5.41) is 0. The van der Waals surface area contributed by atoms with Gasteiger partial charge in [0.1, 0.15) is 12.5 Å². The van der Waals surface area contributed by atoms with Crippen molar-refractivity contribution in [1.82, 2.24) is 4.90 Å². The second-order valence-electron chi connectivity index (χ2n) is 3.28. The Bertz CT molecular complexity index is 294. The molecule has 1 saturated heterocycles. The zero-order valence-electron chi connectivity index (χ0n) is 7.57. The first-order chi connectivity index (χ1) is 6.34. The van der Waals surface area contributed by atoms with Crippen molar-refractivity contribution in [2.75, 3.05) is 13.3 Å². The molecule has 0 spiro atoms. The Labute approximate surface area is 78.4 Å². The van der Waals surface area contributed by atoms with Crippen molar-refractivity contribution in [3.05, 3.63) is 48.2 Å². The van der Waals surface area contributed by atoms with Crippen LogP contribution in [-0.2, 0) is 11.3 Å². The molecular formula is C11H13NO. The van der Waals surface area contributed by atoms with E-state index in [-0.39, 0.29) is 0 Å². The molecule has 1 heterocycles. The second kappa shape index (κ2) is 3.62. The normalized spacial score (nSPS) is 17.4. The first kappa shape index (κ1) is 8.32. The molecule has 0 bridgehead atoms. The Balaban J connectivity index is 1.96. The summed E-state index contributed by atoms with van der Waals surface area (Å²) in [5.74, 6) is 0.871. The lowest BCUT2D eigenvalue weighted by molar-refractivity contribution is 0.164. The fourth-order valence-corrected chi connectivity index (χ4v) is 1.47. The van der Waals surface area contributed by atoms with Crippen LogP contribution in [0.4, 0.5) is 0 Å². The Hall–Kier alpha value is -1.28. The van der Waals surface area contributed by atoms with Crippen LogP contribution in [0.1, 0.15) is 5.56 Å². The van der Waals surface area contributed by atoms with Gasteiger partial charge in [-0.2, -0.15) is 0 Å². The lowest BCUT2D eigenvalue weighted by Crippen LogP contribution is -2.18. The van der Waals surface area contributed by atoms with E-state index < -0.39 is 0 Å². The zero-order chi connectivity index (χ0) is 9.10.